The molecule has 0 aliphatic carbocycles. The maximum atomic E-state index is 13.6. The molecule has 0 N–H and O–H groups in total. The van der Waals surface area contributed by atoms with Gasteiger partial charge in [-0.2, -0.15) is 9.29 Å². The van der Waals surface area contributed by atoms with Crippen molar-refractivity contribution in [1.29, 1.82) is 0 Å². The molecule has 2 saturated heterocycles. The Morgan fingerprint density at radius 2 is 1.68 bits per heavy atom. The molecule has 0 unspecified atom stereocenters. The minimum atomic E-state index is -3.72. The van der Waals surface area contributed by atoms with Crippen LogP contribution in [0.15, 0.2) is 35.4 Å². The van der Waals surface area contributed by atoms with Crippen LogP contribution >= 0.6 is 0 Å². The van der Waals surface area contributed by atoms with Gasteiger partial charge < -0.3 is 9.80 Å². The van der Waals surface area contributed by atoms with Crippen molar-refractivity contribution >= 4 is 21.8 Å². The summed E-state index contributed by atoms with van der Waals surface area (Å²) in [5, 5.41) is 0. The summed E-state index contributed by atoms with van der Waals surface area (Å²) < 4.78 is 40.9. The summed E-state index contributed by atoms with van der Waals surface area (Å²) >= 11 is 0. The maximum Gasteiger partial charge on any atom is 0.243 e. The van der Waals surface area contributed by atoms with E-state index in [1.54, 1.807) is 13.1 Å². The quantitative estimate of drug-likeness (QED) is 0.775. The minimum Gasteiger partial charge on any atom is -0.354 e. The molecule has 7 nitrogen and oxygen atoms in total. The van der Waals surface area contributed by atoms with Crippen molar-refractivity contribution in [3.05, 3.63) is 41.8 Å². The van der Waals surface area contributed by atoms with Crippen LogP contribution in [0.2, 0.25) is 0 Å². The van der Waals surface area contributed by atoms with E-state index < -0.39 is 15.8 Å². The molecular formula is C19H24FN5O2S. The molecule has 0 atom stereocenters. The first-order valence-electron chi connectivity index (χ1n) is 9.54. The Labute approximate surface area is 164 Å². The molecule has 0 saturated carbocycles. The number of hydrogen-bond donors (Lipinski definition) is 0. The topological polar surface area (TPSA) is 69.6 Å². The van der Waals surface area contributed by atoms with Gasteiger partial charge in [-0.1, -0.05) is 6.07 Å². The number of halogens is 1. The average molecular weight is 405 g/mol. The lowest BCUT2D eigenvalue weighted by Gasteiger charge is -2.35. The van der Waals surface area contributed by atoms with E-state index in [0.29, 0.717) is 31.7 Å². The van der Waals surface area contributed by atoms with Gasteiger partial charge in [0.05, 0.1) is 4.90 Å². The first-order valence-corrected chi connectivity index (χ1v) is 11.0. The standard InChI is InChI=1S/C19H24FN5O2S/c1-15-4-5-16(20)14-17(15)28(26,27)25-12-10-23(11-13-25)18-6-7-21-19(22-18)24-8-2-3-9-24/h4-7,14H,2-3,8-13H2,1H3. The van der Waals surface area contributed by atoms with E-state index >= 15 is 0 Å². The normalized spacial score (nSPS) is 18.6. The van der Waals surface area contributed by atoms with Crippen LogP contribution in [0.25, 0.3) is 0 Å². The summed E-state index contributed by atoms with van der Waals surface area (Å²) in [7, 11) is -3.72. The molecule has 0 radical (unpaired) electrons. The van der Waals surface area contributed by atoms with Crippen molar-refractivity contribution in [2.24, 2.45) is 0 Å². The number of sulfonamides is 1. The molecule has 9 heteroatoms. The highest BCUT2D eigenvalue weighted by Crippen LogP contribution is 2.24. The molecule has 28 heavy (non-hydrogen) atoms. The van der Waals surface area contributed by atoms with Gasteiger partial charge >= 0.3 is 0 Å². The summed E-state index contributed by atoms with van der Waals surface area (Å²) in [5.74, 6) is 1.01. The van der Waals surface area contributed by atoms with Gasteiger partial charge in [-0.25, -0.2) is 17.8 Å². The SMILES string of the molecule is Cc1ccc(F)cc1S(=O)(=O)N1CCN(c2ccnc(N3CCCC3)n2)CC1. The Kier molecular flexibility index (Phi) is 5.20. The van der Waals surface area contributed by atoms with Crippen molar-refractivity contribution in [2.45, 2.75) is 24.7 Å². The molecule has 150 valence electrons. The van der Waals surface area contributed by atoms with Crippen molar-refractivity contribution in [1.82, 2.24) is 14.3 Å². The number of piperazine rings is 1. The Bertz CT molecular complexity index is 955. The summed E-state index contributed by atoms with van der Waals surface area (Å²) in [4.78, 5) is 13.3. The molecule has 1 aromatic heterocycles. The first-order chi connectivity index (χ1) is 13.4. The van der Waals surface area contributed by atoms with Crippen molar-refractivity contribution in [2.75, 3.05) is 49.1 Å². The number of aromatic nitrogens is 2. The van der Waals surface area contributed by atoms with E-state index in [2.05, 4.69) is 19.8 Å². The second-order valence-corrected chi connectivity index (χ2v) is 9.12. The lowest BCUT2D eigenvalue weighted by atomic mass is 10.2. The Morgan fingerprint density at radius 3 is 2.39 bits per heavy atom. The third-order valence-electron chi connectivity index (χ3n) is 5.35. The Morgan fingerprint density at radius 1 is 0.964 bits per heavy atom. The molecule has 0 bridgehead atoms. The molecule has 2 aromatic rings. The van der Waals surface area contributed by atoms with Crippen LogP contribution in [-0.2, 0) is 10.0 Å². The van der Waals surface area contributed by atoms with Gasteiger partial charge in [0.2, 0.25) is 16.0 Å². The first kappa shape index (κ1) is 19.1. The Balaban J connectivity index is 1.47. The van der Waals surface area contributed by atoms with Crippen LogP contribution in [0.4, 0.5) is 16.2 Å². The molecule has 0 spiro atoms. The zero-order valence-corrected chi connectivity index (χ0v) is 16.7. The number of hydrogen-bond acceptors (Lipinski definition) is 6. The highest BCUT2D eigenvalue weighted by atomic mass is 32.2. The number of nitrogens with zero attached hydrogens (tertiary/aromatic N) is 5. The second-order valence-electron chi connectivity index (χ2n) is 7.21. The molecule has 3 heterocycles. The van der Waals surface area contributed by atoms with Gasteiger partial charge in [0.1, 0.15) is 11.6 Å². The van der Waals surface area contributed by atoms with Crippen molar-refractivity contribution in [3.63, 3.8) is 0 Å². The summed E-state index contributed by atoms with van der Waals surface area (Å²) in [6.45, 7) is 5.37. The van der Waals surface area contributed by atoms with E-state index in [1.165, 1.54) is 16.4 Å². The molecular weight excluding hydrogens is 381 g/mol. The predicted molar refractivity (Wildman–Crippen MR) is 106 cm³/mol. The largest absolute Gasteiger partial charge is 0.354 e. The monoisotopic (exact) mass is 405 g/mol. The fraction of sp³-hybridized carbons (Fsp3) is 0.474. The molecule has 1 aromatic carbocycles. The number of anilines is 2. The zero-order chi connectivity index (χ0) is 19.7. The van der Waals surface area contributed by atoms with Gasteiger partial charge in [-0.15, -0.1) is 0 Å². The molecule has 2 fully saturated rings. The van der Waals surface area contributed by atoms with E-state index in [4.69, 9.17) is 0 Å². The van der Waals surface area contributed by atoms with E-state index in [0.717, 1.165) is 43.8 Å². The zero-order valence-electron chi connectivity index (χ0n) is 15.9. The van der Waals surface area contributed by atoms with Crippen molar-refractivity contribution < 1.29 is 12.8 Å². The fourth-order valence-corrected chi connectivity index (χ4v) is 5.39. The maximum absolute atomic E-state index is 13.6. The third-order valence-corrected chi connectivity index (χ3v) is 7.39. The Hall–Kier alpha value is -2.26. The van der Waals surface area contributed by atoms with Crippen LogP contribution in [0, 0.1) is 12.7 Å². The van der Waals surface area contributed by atoms with Crippen LogP contribution in [0.3, 0.4) is 0 Å². The lowest BCUT2D eigenvalue weighted by Crippen LogP contribution is -2.49. The van der Waals surface area contributed by atoms with E-state index in [1.807, 2.05) is 6.07 Å². The van der Waals surface area contributed by atoms with Crippen LogP contribution in [0.5, 0.6) is 0 Å². The smallest absolute Gasteiger partial charge is 0.243 e. The minimum absolute atomic E-state index is 0.0410. The summed E-state index contributed by atoms with van der Waals surface area (Å²) in [6.07, 6.45) is 4.07. The number of rotatable bonds is 4. The second kappa shape index (κ2) is 7.63. The number of aryl methyl sites for hydroxylation is 1. The molecule has 4 rings (SSSR count). The average Bonchev–Trinajstić information content (AvgIpc) is 3.25. The number of benzene rings is 1. The van der Waals surface area contributed by atoms with Gasteiger partial charge in [-0.05, 0) is 43.5 Å². The van der Waals surface area contributed by atoms with Gasteiger partial charge in [0, 0.05) is 45.5 Å². The van der Waals surface area contributed by atoms with Crippen LogP contribution in [-0.4, -0.2) is 62.0 Å². The molecule has 2 aliphatic rings. The van der Waals surface area contributed by atoms with Gasteiger partial charge in [0.15, 0.2) is 0 Å². The van der Waals surface area contributed by atoms with Crippen LogP contribution < -0.4 is 9.80 Å². The highest BCUT2D eigenvalue weighted by molar-refractivity contribution is 7.89. The van der Waals surface area contributed by atoms with Gasteiger partial charge in [-0.3, -0.25) is 0 Å². The van der Waals surface area contributed by atoms with E-state index in [-0.39, 0.29) is 4.90 Å². The van der Waals surface area contributed by atoms with E-state index in [9.17, 15) is 12.8 Å². The van der Waals surface area contributed by atoms with Gasteiger partial charge in [0.25, 0.3) is 0 Å². The molecule has 2 aliphatic heterocycles. The fourth-order valence-electron chi connectivity index (χ4n) is 3.73. The summed E-state index contributed by atoms with van der Waals surface area (Å²) in [6, 6.07) is 5.74. The molecule has 0 amide bonds. The van der Waals surface area contributed by atoms with Crippen LogP contribution in [0.1, 0.15) is 18.4 Å². The van der Waals surface area contributed by atoms with Crippen molar-refractivity contribution in [3.8, 4) is 0 Å². The lowest BCUT2D eigenvalue weighted by molar-refractivity contribution is 0.383. The highest BCUT2D eigenvalue weighted by Gasteiger charge is 2.30. The summed E-state index contributed by atoms with van der Waals surface area (Å²) in [5.41, 5.74) is 0.551. The predicted octanol–water partition coefficient (Wildman–Crippen LogP) is 2.04. The third kappa shape index (κ3) is 3.68.